The molecular weight excluding hydrogens is 299 g/mol. The molecule has 0 bridgehead atoms. The van der Waals surface area contributed by atoms with Crippen molar-refractivity contribution < 1.29 is 22.7 Å². The van der Waals surface area contributed by atoms with E-state index in [-0.39, 0.29) is 18.1 Å². The molecule has 2 heterocycles. The number of amides is 1. The van der Waals surface area contributed by atoms with Crippen LogP contribution in [0.1, 0.15) is 44.1 Å². The summed E-state index contributed by atoms with van der Waals surface area (Å²) in [7, 11) is 0. The lowest BCUT2D eigenvalue weighted by Gasteiger charge is -2.22. The van der Waals surface area contributed by atoms with Crippen molar-refractivity contribution in [1.29, 1.82) is 0 Å². The second-order valence-corrected chi connectivity index (χ2v) is 5.64. The average Bonchev–Trinajstić information content (AvgIpc) is 3.05. The van der Waals surface area contributed by atoms with Crippen LogP contribution in [0.25, 0.3) is 0 Å². The number of aromatic nitrogens is 2. The summed E-state index contributed by atoms with van der Waals surface area (Å²) in [6, 6.07) is -0.0665. The third kappa shape index (κ3) is 3.60. The molecule has 8 heteroatoms. The summed E-state index contributed by atoms with van der Waals surface area (Å²) in [6.07, 6.45) is -2.74. The monoisotopic (exact) mass is 319 g/mol. The van der Waals surface area contributed by atoms with Gasteiger partial charge in [-0.3, -0.25) is 9.48 Å². The van der Waals surface area contributed by atoms with Crippen molar-refractivity contribution in [3.8, 4) is 0 Å². The zero-order valence-corrected chi connectivity index (χ0v) is 12.8. The molecule has 1 amide bonds. The van der Waals surface area contributed by atoms with Crippen LogP contribution in [-0.4, -0.2) is 34.4 Å². The van der Waals surface area contributed by atoms with Gasteiger partial charge in [0.15, 0.2) is 5.69 Å². The number of carbonyl (C=O) groups is 1. The number of aryl methyl sites for hydroxylation is 1. The second-order valence-electron chi connectivity index (χ2n) is 5.64. The minimum atomic E-state index is -4.52. The van der Waals surface area contributed by atoms with Crippen molar-refractivity contribution in [2.75, 3.05) is 6.61 Å². The molecule has 3 atom stereocenters. The van der Waals surface area contributed by atoms with Gasteiger partial charge in [-0.25, -0.2) is 0 Å². The highest BCUT2D eigenvalue weighted by Gasteiger charge is 2.35. The summed E-state index contributed by atoms with van der Waals surface area (Å²) >= 11 is 0. The smallest absolute Gasteiger partial charge is 0.376 e. The molecular formula is C14H20F3N3O2. The van der Waals surface area contributed by atoms with Crippen molar-refractivity contribution >= 4 is 5.91 Å². The lowest BCUT2D eigenvalue weighted by atomic mass is 10.1. The zero-order chi connectivity index (χ0) is 16.5. The van der Waals surface area contributed by atoms with Gasteiger partial charge in [0.05, 0.1) is 12.1 Å². The molecule has 0 radical (unpaired) electrons. The summed E-state index contributed by atoms with van der Waals surface area (Å²) in [4.78, 5) is 12.2. The minimum Gasteiger partial charge on any atom is -0.376 e. The highest BCUT2D eigenvalue weighted by Crippen LogP contribution is 2.29. The van der Waals surface area contributed by atoms with E-state index >= 15 is 0 Å². The maximum Gasteiger partial charge on any atom is 0.435 e. The van der Waals surface area contributed by atoms with E-state index in [0.29, 0.717) is 12.3 Å². The summed E-state index contributed by atoms with van der Waals surface area (Å²) < 4.78 is 44.6. The summed E-state index contributed by atoms with van der Waals surface area (Å²) in [5, 5.41) is 6.30. The molecule has 0 aliphatic carbocycles. The highest BCUT2D eigenvalue weighted by molar-refractivity contribution is 5.80. The number of halogens is 3. The second kappa shape index (κ2) is 6.28. The van der Waals surface area contributed by atoms with E-state index < -0.39 is 17.9 Å². The third-order valence-corrected chi connectivity index (χ3v) is 3.85. The summed E-state index contributed by atoms with van der Waals surface area (Å²) in [6.45, 7) is 5.53. The third-order valence-electron chi connectivity index (χ3n) is 3.85. The van der Waals surface area contributed by atoms with Crippen molar-refractivity contribution in [2.24, 2.45) is 0 Å². The Morgan fingerprint density at radius 1 is 1.50 bits per heavy atom. The largest absolute Gasteiger partial charge is 0.435 e. The topological polar surface area (TPSA) is 56.2 Å². The van der Waals surface area contributed by atoms with E-state index in [0.717, 1.165) is 23.6 Å². The number of ether oxygens (including phenoxy) is 1. The van der Waals surface area contributed by atoms with Gasteiger partial charge in [0.2, 0.25) is 5.91 Å². The molecule has 1 aromatic rings. The fourth-order valence-corrected chi connectivity index (χ4v) is 2.56. The molecule has 1 fully saturated rings. The van der Waals surface area contributed by atoms with Gasteiger partial charge in [-0.1, -0.05) is 0 Å². The molecule has 1 N–H and O–H groups in total. The maximum atomic E-state index is 12.7. The van der Waals surface area contributed by atoms with Gasteiger partial charge in [-0.15, -0.1) is 0 Å². The predicted molar refractivity (Wildman–Crippen MR) is 73.3 cm³/mol. The normalized spacial score (nSPS) is 21.6. The van der Waals surface area contributed by atoms with Crippen LogP contribution < -0.4 is 5.32 Å². The van der Waals surface area contributed by atoms with Crippen LogP contribution in [0, 0.1) is 6.92 Å². The molecule has 2 rings (SSSR count). The molecule has 22 heavy (non-hydrogen) atoms. The van der Waals surface area contributed by atoms with Crippen LogP contribution in [0.15, 0.2) is 6.07 Å². The number of alkyl halides is 3. The van der Waals surface area contributed by atoms with Crippen molar-refractivity contribution in [3.05, 3.63) is 17.5 Å². The van der Waals surface area contributed by atoms with E-state index in [1.54, 1.807) is 0 Å². The Morgan fingerprint density at radius 2 is 2.18 bits per heavy atom. The molecule has 1 aromatic heterocycles. The summed E-state index contributed by atoms with van der Waals surface area (Å²) in [5.74, 6) is -0.372. The number of hydrogen-bond donors (Lipinski definition) is 1. The van der Waals surface area contributed by atoms with Crippen LogP contribution in [0.3, 0.4) is 0 Å². The molecule has 5 nitrogen and oxygen atoms in total. The molecule has 3 unspecified atom stereocenters. The van der Waals surface area contributed by atoms with E-state index in [2.05, 4.69) is 10.4 Å². The molecule has 0 spiro atoms. The Morgan fingerprint density at radius 3 is 2.68 bits per heavy atom. The van der Waals surface area contributed by atoms with Gasteiger partial charge >= 0.3 is 6.18 Å². The maximum absolute atomic E-state index is 12.7. The van der Waals surface area contributed by atoms with Gasteiger partial charge < -0.3 is 10.1 Å². The van der Waals surface area contributed by atoms with Crippen LogP contribution in [0.5, 0.6) is 0 Å². The van der Waals surface area contributed by atoms with Crippen LogP contribution in [0.4, 0.5) is 13.2 Å². The fraction of sp³-hybridized carbons (Fsp3) is 0.714. The fourth-order valence-electron chi connectivity index (χ4n) is 2.56. The van der Waals surface area contributed by atoms with Crippen molar-refractivity contribution in [1.82, 2.24) is 15.1 Å². The van der Waals surface area contributed by atoms with Crippen LogP contribution in [0.2, 0.25) is 0 Å². The first-order valence-electron chi connectivity index (χ1n) is 7.25. The number of nitrogens with one attached hydrogen (secondary N) is 1. The van der Waals surface area contributed by atoms with E-state index in [9.17, 15) is 18.0 Å². The Kier molecular flexibility index (Phi) is 4.79. The van der Waals surface area contributed by atoms with Crippen molar-refractivity contribution in [2.45, 2.75) is 58.0 Å². The first-order valence-corrected chi connectivity index (χ1v) is 7.25. The first-order chi connectivity index (χ1) is 10.2. The number of hydrogen-bond acceptors (Lipinski definition) is 3. The molecule has 0 aromatic carbocycles. The molecule has 0 saturated carbocycles. The minimum absolute atomic E-state index is 0.0411. The number of nitrogens with zero attached hydrogens (tertiary/aromatic N) is 2. The first kappa shape index (κ1) is 16.8. The van der Waals surface area contributed by atoms with Gasteiger partial charge in [-0.05, 0) is 39.7 Å². The van der Waals surface area contributed by atoms with Gasteiger partial charge in [-0.2, -0.15) is 18.3 Å². The number of rotatable bonds is 4. The SMILES string of the molecule is Cc1cc(C(F)(F)F)nn1C(C)C(=O)NC(C)C1CCCO1. The zero-order valence-electron chi connectivity index (χ0n) is 12.8. The summed E-state index contributed by atoms with van der Waals surface area (Å²) in [5.41, 5.74) is -0.698. The Bertz CT molecular complexity index is 536. The molecule has 1 aliphatic rings. The lowest BCUT2D eigenvalue weighted by molar-refractivity contribution is -0.142. The Hall–Kier alpha value is -1.57. The number of carbonyl (C=O) groups excluding carboxylic acids is 1. The lowest BCUT2D eigenvalue weighted by Crippen LogP contribution is -2.43. The van der Waals surface area contributed by atoms with E-state index in [1.807, 2.05) is 6.92 Å². The quantitative estimate of drug-likeness (QED) is 0.927. The molecule has 1 saturated heterocycles. The predicted octanol–water partition coefficient (Wildman–Crippen LogP) is 2.46. The molecule has 124 valence electrons. The Balaban J connectivity index is 2.05. The standard InChI is InChI=1S/C14H20F3N3O2/c1-8-7-12(14(15,16)17)19-20(8)10(3)13(21)18-9(2)11-5-4-6-22-11/h7,9-11H,4-6H2,1-3H3,(H,18,21). The van der Waals surface area contributed by atoms with Crippen LogP contribution in [-0.2, 0) is 15.7 Å². The van der Waals surface area contributed by atoms with Crippen molar-refractivity contribution in [3.63, 3.8) is 0 Å². The highest BCUT2D eigenvalue weighted by atomic mass is 19.4. The van der Waals surface area contributed by atoms with Gasteiger partial charge in [0, 0.05) is 12.3 Å². The molecule has 1 aliphatic heterocycles. The van der Waals surface area contributed by atoms with Crippen LogP contribution >= 0.6 is 0 Å². The van der Waals surface area contributed by atoms with E-state index in [1.165, 1.54) is 13.8 Å². The average molecular weight is 319 g/mol. The Labute approximate surface area is 126 Å². The van der Waals surface area contributed by atoms with E-state index in [4.69, 9.17) is 4.74 Å². The van der Waals surface area contributed by atoms with Gasteiger partial charge in [0.1, 0.15) is 6.04 Å². The van der Waals surface area contributed by atoms with Gasteiger partial charge in [0.25, 0.3) is 0 Å².